The summed E-state index contributed by atoms with van der Waals surface area (Å²) < 4.78 is 0. The molecule has 2 atom stereocenters. The largest absolute Gasteiger partial charge is 0.340 e. The van der Waals surface area contributed by atoms with Crippen LogP contribution >= 0.6 is 0 Å². The minimum atomic E-state index is 0.340. The Bertz CT molecular complexity index is 335. The summed E-state index contributed by atoms with van der Waals surface area (Å²) in [5.41, 5.74) is 7.19. The zero-order valence-corrected chi connectivity index (χ0v) is 10.1. The molecule has 1 aliphatic heterocycles. The highest BCUT2D eigenvalue weighted by molar-refractivity contribution is 5.30. The maximum Gasteiger partial charge on any atom is 0.225 e. The molecular formula is C12H20N4. The molecule has 88 valence electrons. The highest BCUT2D eigenvalue weighted by Crippen LogP contribution is 2.21. The van der Waals surface area contributed by atoms with E-state index < -0.39 is 0 Å². The van der Waals surface area contributed by atoms with Crippen LogP contribution in [0.25, 0.3) is 0 Å². The molecule has 1 saturated heterocycles. The maximum atomic E-state index is 6.09. The molecule has 0 amide bonds. The molecule has 0 aliphatic carbocycles. The first kappa shape index (κ1) is 11.3. The third-order valence-electron chi connectivity index (χ3n) is 3.37. The van der Waals surface area contributed by atoms with Crippen molar-refractivity contribution in [1.82, 2.24) is 9.97 Å². The molecule has 0 saturated carbocycles. The molecule has 2 heterocycles. The Labute approximate surface area is 96.9 Å². The minimum absolute atomic E-state index is 0.340. The number of nitrogens with zero attached hydrogens (tertiary/aromatic N) is 3. The van der Waals surface area contributed by atoms with Crippen LogP contribution in [-0.4, -0.2) is 29.1 Å². The molecular weight excluding hydrogens is 200 g/mol. The number of anilines is 1. The van der Waals surface area contributed by atoms with Gasteiger partial charge in [0.25, 0.3) is 0 Å². The lowest BCUT2D eigenvalue weighted by atomic mass is 9.91. The fourth-order valence-corrected chi connectivity index (χ4v) is 2.21. The van der Waals surface area contributed by atoms with Crippen molar-refractivity contribution in [2.75, 3.05) is 18.0 Å². The van der Waals surface area contributed by atoms with Crippen LogP contribution in [0.1, 0.15) is 25.3 Å². The van der Waals surface area contributed by atoms with Crippen LogP contribution in [0, 0.1) is 12.8 Å². The Hall–Kier alpha value is -1.16. The lowest BCUT2D eigenvalue weighted by Gasteiger charge is -2.36. The van der Waals surface area contributed by atoms with Gasteiger partial charge in [-0.2, -0.15) is 0 Å². The molecule has 16 heavy (non-hydrogen) atoms. The molecule has 4 heteroatoms. The number of hydrogen-bond acceptors (Lipinski definition) is 4. The Balaban J connectivity index is 2.08. The van der Waals surface area contributed by atoms with E-state index in [0.717, 1.165) is 37.4 Å². The molecule has 2 unspecified atom stereocenters. The smallest absolute Gasteiger partial charge is 0.225 e. The highest BCUT2D eigenvalue weighted by Gasteiger charge is 2.26. The average molecular weight is 220 g/mol. The van der Waals surface area contributed by atoms with Crippen molar-refractivity contribution >= 4 is 5.95 Å². The van der Waals surface area contributed by atoms with Gasteiger partial charge in [-0.15, -0.1) is 0 Å². The minimum Gasteiger partial charge on any atom is -0.340 e. The number of nitrogens with two attached hydrogens (primary N) is 1. The Morgan fingerprint density at radius 1 is 1.44 bits per heavy atom. The predicted octanol–water partition coefficient (Wildman–Crippen LogP) is 1.35. The topological polar surface area (TPSA) is 55.0 Å². The second kappa shape index (κ2) is 4.78. The molecule has 1 aromatic heterocycles. The summed E-state index contributed by atoms with van der Waals surface area (Å²) >= 11 is 0. The summed E-state index contributed by atoms with van der Waals surface area (Å²) in [7, 11) is 0. The van der Waals surface area contributed by atoms with E-state index in [4.69, 9.17) is 5.73 Å². The lowest BCUT2D eigenvalue weighted by molar-refractivity contribution is 0.345. The number of aryl methyl sites for hydroxylation is 1. The van der Waals surface area contributed by atoms with Gasteiger partial charge in [0.1, 0.15) is 0 Å². The van der Waals surface area contributed by atoms with E-state index >= 15 is 0 Å². The molecule has 0 aromatic carbocycles. The van der Waals surface area contributed by atoms with Crippen molar-refractivity contribution in [3.05, 3.63) is 18.0 Å². The first-order valence-corrected chi connectivity index (χ1v) is 6.00. The normalized spacial score (nSPS) is 25.8. The van der Waals surface area contributed by atoms with Crippen LogP contribution in [0.3, 0.4) is 0 Å². The van der Waals surface area contributed by atoms with Crippen molar-refractivity contribution in [3.63, 3.8) is 0 Å². The third kappa shape index (κ3) is 2.32. The van der Waals surface area contributed by atoms with E-state index in [9.17, 15) is 0 Å². The Morgan fingerprint density at radius 2 is 2.12 bits per heavy atom. The molecule has 0 bridgehead atoms. The van der Waals surface area contributed by atoms with Crippen molar-refractivity contribution in [2.45, 2.75) is 32.7 Å². The zero-order valence-electron chi connectivity index (χ0n) is 10.1. The van der Waals surface area contributed by atoms with Gasteiger partial charge in [-0.05, 0) is 24.8 Å². The van der Waals surface area contributed by atoms with Crippen molar-refractivity contribution in [1.29, 1.82) is 0 Å². The fourth-order valence-electron chi connectivity index (χ4n) is 2.21. The summed E-state index contributed by atoms with van der Waals surface area (Å²) in [6, 6.07) is 0.340. The molecule has 2 rings (SSSR count). The molecule has 0 radical (unpaired) electrons. The number of rotatable bonds is 2. The SMILES string of the molecule is CCC1CN(c2ncc(C)cn2)CCC1N. The molecule has 4 nitrogen and oxygen atoms in total. The van der Waals surface area contributed by atoms with Gasteiger partial charge in [-0.1, -0.05) is 13.3 Å². The number of piperidine rings is 1. The highest BCUT2D eigenvalue weighted by atomic mass is 15.3. The average Bonchev–Trinajstić information content (AvgIpc) is 2.31. The predicted molar refractivity (Wildman–Crippen MR) is 65.4 cm³/mol. The fraction of sp³-hybridized carbons (Fsp3) is 0.667. The summed E-state index contributed by atoms with van der Waals surface area (Å²) in [5, 5.41) is 0. The summed E-state index contributed by atoms with van der Waals surface area (Å²) in [5.74, 6) is 1.41. The Morgan fingerprint density at radius 3 is 2.75 bits per heavy atom. The summed E-state index contributed by atoms with van der Waals surface area (Å²) in [4.78, 5) is 11.0. The van der Waals surface area contributed by atoms with E-state index in [0.29, 0.717) is 12.0 Å². The molecule has 1 aliphatic rings. The van der Waals surface area contributed by atoms with E-state index in [1.807, 2.05) is 19.3 Å². The van der Waals surface area contributed by atoms with Gasteiger partial charge in [0.2, 0.25) is 5.95 Å². The molecule has 1 aromatic rings. The van der Waals surface area contributed by atoms with Crippen LogP contribution in [0.5, 0.6) is 0 Å². The maximum absolute atomic E-state index is 6.09. The second-order valence-corrected chi connectivity index (χ2v) is 4.63. The quantitative estimate of drug-likeness (QED) is 0.817. The Kier molecular flexibility index (Phi) is 3.39. The van der Waals surface area contributed by atoms with Gasteiger partial charge in [-0.3, -0.25) is 0 Å². The second-order valence-electron chi connectivity index (χ2n) is 4.63. The number of aromatic nitrogens is 2. The van der Waals surface area contributed by atoms with Crippen LogP contribution in [0.2, 0.25) is 0 Å². The van der Waals surface area contributed by atoms with Gasteiger partial charge >= 0.3 is 0 Å². The first-order chi connectivity index (χ1) is 7.70. The third-order valence-corrected chi connectivity index (χ3v) is 3.37. The lowest BCUT2D eigenvalue weighted by Crippen LogP contribution is -2.47. The van der Waals surface area contributed by atoms with Gasteiger partial charge < -0.3 is 10.6 Å². The van der Waals surface area contributed by atoms with Crippen molar-refractivity contribution in [3.8, 4) is 0 Å². The van der Waals surface area contributed by atoms with E-state index in [1.54, 1.807) is 0 Å². The van der Waals surface area contributed by atoms with E-state index in [-0.39, 0.29) is 0 Å². The van der Waals surface area contributed by atoms with Gasteiger partial charge in [0.15, 0.2) is 0 Å². The summed E-state index contributed by atoms with van der Waals surface area (Å²) in [6.45, 7) is 6.16. The van der Waals surface area contributed by atoms with Crippen LogP contribution in [0.15, 0.2) is 12.4 Å². The van der Waals surface area contributed by atoms with Gasteiger partial charge in [0, 0.05) is 31.5 Å². The monoisotopic (exact) mass is 220 g/mol. The van der Waals surface area contributed by atoms with Crippen molar-refractivity contribution in [2.24, 2.45) is 11.7 Å². The first-order valence-electron chi connectivity index (χ1n) is 6.00. The molecule has 1 fully saturated rings. The molecule has 2 N–H and O–H groups in total. The molecule has 0 spiro atoms. The van der Waals surface area contributed by atoms with Crippen LogP contribution < -0.4 is 10.6 Å². The van der Waals surface area contributed by atoms with E-state index in [2.05, 4.69) is 21.8 Å². The zero-order chi connectivity index (χ0) is 11.5. The van der Waals surface area contributed by atoms with Gasteiger partial charge in [0.05, 0.1) is 0 Å². The van der Waals surface area contributed by atoms with Gasteiger partial charge in [-0.25, -0.2) is 9.97 Å². The van der Waals surface area contributed by atoms with Crippen LogP contribution in [-0.2, 0) is 0 Å². The van der Waals surface area contributed by atoms with Crippen LogP contribution in [0.4, 0.5) is 5.95 Å². The summed E-state index contributed by atoms with van der Waals surface area (Å²) in [6.07, 6.45) is 5.91. The standard InChI is InChI=1S/C12H20N4/c1-3-10-8-16(5-4-11(10)13)12-14-6-9(2)7-15-12/h6-7,10-11H,3-5,8,13H2,1-2H3. The number of hydrogen-bond donors (Lipinski definition) is 1. The van der Waals surface area contributed by atoms with E-state index in [1.165, 1.54) is 0 Å². The van der Waals surface area contributed by atoms with Crippen molar-refractivity contribution < 1.29 is 0 Å².